The number of hydrogen-bond donors (Lipinski definition) is 1. The number of nitrogens with zero attached hydrogens (tertiary/aromatic N) is 2. The highest BCUT2D eigenvalue weighted by Crippen LogP contribution is 2.12. The van der Waals surface area contributed by atoms with E-state index in [1.165, 1.54) is 0 Å². The summed E-state index contributed by atoms with van der Waals surface area (Å²) in [7, 11) is 5.58. The van der Waals surface area contributed by atoms with Crippen LogP contribution in [-0.4, -0.2) is 70.9 Å². The largest absolute Gasteiger partial charge is 0.497 e. The summed E-state index contributed by atoms with van der Waals surface area (Å²) in [6.07, 6.45) is 0.875. The predicted molar refractivity (Wildman–Crippen MR) is 98.4 cm³/mol. The maximum absolute atomic E-state index is 12.4. The van der Waals surface area contributed by atoms with Crippen LogP contribution in [0.2, 0.25) is 0 Å². The number of hydrogen-bond acceptors (Lipinski definition) is 6. The minimum Gasteiger partial charge on any atom is -0.497 e. The first-order valence-electron chi connectivity index (χ1n) is 8.42. The highest BCUT2D eigenvalue weighted by atomic mass is 16.5. The zero-order chi connectivity index (χ0) is 18.5. The van der Waals surface area contributed by atoms with Crippen LogP contribution in [0.5, 0.6) is 5.75 Å². The van der Waals surface area contributed by atoms with E-state index in [9.17, 15) is 4.79 Å². The van der Waals surface area contributed by atoms with Crippen LogP contribution in [0.4, 0.5) is 0 Å². The van der Waals surface area contributed by atoms with Gasteiger partial charge < -0.3 is 19.1 Å². The standard InChI is InChI=1S/C18H29N3O4/c1-5-24-12-13-25-18(19-10-7-11-21(2)3)20-17(22)15-8-6-9-16(14-15)23-4/h6,8-9,14H,5,7,10-13H2,1-4H3,(H,19,20,22). The van der Waals surface area contributed by atoms with Crippen LogP contribution in [-0.2, 0) is 9.47 Å². The number of methoxy groups -OCH3 is 1. The summed E-state index contributed by atoms with van der Waals surface area (Å²) < 4.78 is 15.9. The first kappa shape index (κ1) is 20.9. The Morgan fingerprint density at radius 2 is 2.08 bits per heavy atom. The van der Waals surface area contributed by atoms with Gasteiger partial charge in [0, 0.05) is 18.7 Å². The lowest BCUT2D eigenvalue weighted by molar-refractivity contribution is 0.0921. The number of amides is 1. The minimum absolute atomic E-state index is 0.214. The van der Waals surface area contributed by atoms with E-state index in [2.05, 4.69) is 15.2 Å². The molecule has 0 bridgehead atoms. The molecule has 0 radical (unpaired) electrons. The van der Waals surface area contributed by atoms with Crippen molar-refractivity contribution in [1.82, 2.24) is 10.2 Å². The zero-order valence-electron chi connectivity index (χ0n) is 15.6. The van der Waals surface area contributed by atoms with Gasteiger partial charge >= 0.3 is 0 Å². The summed E-state index contributed by atoms with van der Waals surface area (Å²) in [6, 6.07) is 7.13. The van der Waals surface area contributed by atoms with Crippen molar-refractivity contribution < 1.29 is 19.0 Å². The second kappa shape index (κ2) is 12.3. The predicted octanol–water partition coefficient (Wildman–Crippen LogP) is 1.79. The smallest absolute Gasteiger partial charge is 0.291 e. The molecule has 0 fully saturated rings. The third kappa shape index (κ3) is 9.07. The zero-order valence-corrected chi connectivity index (χ0v) is 15.6. The van der Waals surface area contributed by atoms with Gasteiger partial charge in [-0.2, -0.15) is 0 Å². The number of carbonyl (C=O) groups excluding carboxylic acids is 1. The van der Waals surface area contributed by atoms with Crippen molar-refractivity contribution in [3.05, 3.63) is 29.8 Å². The van der Waals surface area contributed by atoms with Gasteiger partial charge in [-0.15, -0.1) is 0 Å². The molecule has 0 atom stereocenters. The summed E-state index contributed by atoms with van der Waals surface area (Å²) in [6.45, 7) is 4.80. The van der Waals surface area contributed by atoms with E-state index in [4.69, 9.17) is 14.2 Å². The Morgan fingerprint density at radius 3 is 2.76 bits per heavy atom. The van der Waals surface area contributed by atoms with Gasteiger partial charge in [0.05, 0.1) is 13.7 Å². The van der Waals surface area contributed by atoms with Crippen LogP contribution in [0.15, 0.2) is 29.3 Å². The highest BCUT2D eigenvalue weighted by molar-refractivity contribution is 6.04. The molecule has 0 aliphatic rings. The van der Waals surface area contributed by atoms with Gasteiger partial charge in [-0.1, -0.05) is 6.07 Å². The van der Waals surface area contributed by atoms with E-state index in [1.54, 1.807) is 31.4 Å². The van der Waals surface area contributed by atoms with E-state index >= 15 is 0 Å². The van der Waals surface area contributed by atoms with Crippen LogP contribution in [0.1, 0.15) is 23.7 Å². The van der Waals surface area contributed by atoms with Gasteiger partial charge in [0.2, 0.25) is 0 Å². The molecule has 0 saturated heterocycles. The van der Waals surface area contributed by atoms with Crippen LogP contribution >= 0.6 is 0 Å². The van der Waals surface area contributed by atoms with Crippen LogP contribution in [0, 0.1) is 0 Å². The molecule has 7 heteroatoms. The first-order chi connectivity index (χ1) is 12.1. The molecule has 0 saturated carbocycles. The summed E-state index contributed by atoms with van der Waals surface area (Å²) >= 11 is 0. The second-order valence-corrected chi connectivity index (χ2v) is 5.58. The van der Waals surface area contributed by atoms with Crippen LogP contribution < -0.4 is 10.1 Å². The molecule has 140 valence electrons. The molecular formula is C18H29N3O4. The number of nitrogens with one attached hydrogen (secondary N) is 1. The molecule has 1 aromatic rings. The van der Waals surface area contributed by atoms with Gasteiger partial charge in [-0.25, -0.2) is 4.99 Å². The fourth-order valence-electron chi connectivity index (χ4n) is 1.96. The molecule has 25 heavy (non-hydrogen) atoms. The monoisotopic (exact) mass is 351 g/mol. The molecular weight excluding hydrogens is 322 g/mol. The van der Waals surface area contributed by atoms with Crippen molar-refractivity contribution in [2.75, 3.05) is 54.1 Å². The molecule has 0 unspecified atom stereocenters. The maximum atomic E-state index is 12.4. The van der Waals surface area contributed by atoms with Crippen molar-refractivity contribution >= 4 is 11.9 Å². The number of benzene rings is 1. The third-order valence-corrected chi connectivity index (χ3v) is 3.24. The molecule has 0 aliphatic heterocycles. The molecule has 0 aliphatic carbocycles. The number of ether oxygens (including phenoxy) is 3. The first-order valence-corrected chi connectivity index (χ1v) is 8.42. The number of carbonyl (C=O) groups is 1. The Labute approximate surface area is 150 Å². The summed E-state index contributed by atoms with van der Waals surface area (Å²) in [4.78, 5) is 18.8. The van der Waals surface area contributed by atoms with E-state index < -0.39 is 0 Å². The Kier molecular flexibility index (Phi) is 10.3. The van der Waals surface area contributed by atoms with Crippen molar-refractivity contribution in [1.29, 1.82) is 0 Å². The van der Waals surface area contributed by atoms with Gasteiger partial charge in [-0.05, 0) is 52.2 Å². The number of rotatable bonds is 10. The Balaban J connectivity index is 2.65. The maximum Gasteiger partial charge on any atom is 0.291 e. The molecule has 0 heterocycles. The lowest BCUT2D eigenvalue weighted by Crippen LogP contribution is -2.33. The molecule has 7 nitrogen and oxygen atoms in total. The Hall–Kier alpha value is -2.12. The Bertz CT molecular complexity index is 547. The van der Waals surface area contributed by atoms with Gasteiger partial charge in [0.1, 0.15) is 12.4 Å². The SMILES string of the molecule is CCOCCOC(=NCCCN(C)C)NC(=O)c1cccc(OC)c1. The van der Waals surface area contributed by atoms with E-state index in [-0.39, 0.29) is 11.9 Å². The lowest BCUT2D eigenvalue weighted by atomic mass is 10.2. The fourth-order valence-corrected chi connectivity index (χ4v) is 1.96. The number of amidine groups is 1. The lowest BCUT2D eigenvalue weighted by Gasteiger charge is -2.12. The van der Waals surface area contributed by atoms with E-state index in [0.717, 1.165) is 13.0 Å². The van der Waals surface area contributed by atoms with Crippen molar-refractivity contribution in [2.45, 2.75) is 13.3 Å². The fraction of sp³-hybridized carbons (Fsp3) is 0.556. The molecule has 1 amide bonds. The summed E-state index contributed by atoms with van der Waals surface area (Å²) in [5.74, 6) is 0.330. The van der Waals surface area contributed by atoms with Gasteiger partial charge in [-0.3, -0.25) is 10.1 Å². The topological polar surface area (TPSA) is 72.4 Å². The number of aliphatic imine (C=N–C) groups is 1. The van der Waals surface area contributed by atoms with Gasteiger partial charge in [0.25, 0.3) is 11.9 Å². The summed E-state index contributed by atoms with van der Waals surface area (Å²) in [5.41, 5.74) is 0.480. The van der Waals surface area contributed by atoms with Crippen LogP contribution in [0.3, 0.4) is 0 Å². The van der Waals surface area contributed by atoms with E-state index in [1.807, 2.05) is 21.0 Å². The third-order valence-electron chi connectivity index (χ3n) is 3.24. The molecule has 1 N–H and O–H groups in total. The minimum atomic E-state index is -0.290. The van der Waals surface area contributed by atoms with Crippen LogP contribution in [0.25, 0.3) is 0 Å². The second-order valence-electron chi connectivity index (χ2n) is 5.58. The highest BCUT2D eigenvalue weighted by Gasteiger charge is 2.11. The molecule has 1 rings (SSSR count). The van der Waals surface area contributed by atoms with Crippen molar-refractivity contribution in [3.8, 4) is 5.75 Å². The quantitative estimate of drug-likeness (QED) is 0.395. The average Bonchev–Trinajstić information content (AvgIpc) is 2.61. The van der Waals surface area contributed by atoms with Gasteiger partial charge in [0.15, 0.2) is 0 Å². The molecule has 0 aromatic heterocycles. The normalized spacial score (nSPS) is 11.5. The molecule has 1 aromatic carbocycles. The van der Waals surface area contributed by atoms with E-state index in [0.29, 0.717) is 37.7 Å². The average molecular weight is 351 g/mol. The van der Waals surface area contributed by atoms with Crippen molar-refractivity contribution in [2.24, 2.45) is 4.99 Å². The summed E-state index contributed by atoms with van der Waals surface area (Å²) in [5, 5.41) is 2.71. The Morgan fingerprint density at radius 1 is 1.28 bits per heavy atom. The van der Waals surface area contributed by atoms with Crippen molar-refractivity contribution in [3.63, 3.8) is 0 Å². The molecule has 0 spiro atoms.